The first-order valence-corrected chi connectivity index (χ1v) is 11.9. The number of carbonyl (C=O) groups is 1. The zero-order valence-electron chi connectivity index (χ0n) is 15.6. The minimum absolute atomic E-state index is 0.228. The van der Waals surface area contributed by atoms with Gasteiger partial charge < -0.3 is 4.42 Å². The number of nitrogens with one attached hydrogen (secondary N) is 1. The summed E-state index contributed by atoms with van der Waals surface area (Å²) in [6, 6.07) is 7.92. The maximum absolute atomic E-state index is 13.0. The summed E-state index contributed by atoms with van der Waals surface area (Å²) in [7, 11) is 0. The van der Waals surface area contributed by atoms with Crippen LogP contribution < -0.4 is 5.32 Å². The second-order valence-corrected chi connectivity index (χ2v) is 9.95. The van der Waals surface area contributed by atoms with Crippen molar-refractivity contribution in [2.45, 2.75) is 61.9 Å². The number of nitrogens with zero attached hydrogens (tertiary/aromatic N) is 2. The van der Waals surface area contributed by atoms with E-state index in [1.807, 2.05) is 36.0 Å². The Hall–Kier alpha value is -1.86. The van der Waals surface area contributed by atoms with Gasteiger partial charge in [0.25, 0.3) is 5.91 Å². The number of rotatable bonds is 6. The van der Waals surface area contributed by atoms with E-state index in [0.29, 0.717) is 22.1 Å². The van der Waals surface area contributed by atoms with Gasteiger partial charge in [-0.05, 0) is 31.7 Å². The average molecular weight is 414 g/mol. The first-order chi connectivity index (χ1) is 13.8. The summed E-state index contributed by atoms with van der Waals surface area (Å²) in [6.07, 6.45) is 8.88. The van der Waals surface area contributed by atoms with Crippen molar-refractivity contribution < 1.29 is 9.21 Å². The molecule has 7 heteroatoms. The van der Waals surface area contributed by atoms with Crippen molar-refractivity contribution >= 4 is 45.1 Å². The van der Waals surface area contributed by atoms with Gasteiger partial charge in [-0.25, -0.2) is 0 Å². The maximum atomic E-state index is 13.0. The van der Waals surface area contributed by atoms with Crippen molar-refractivity contribution in [3.05, 3.63) is 40.6 Å². The quantitative estimate of drug-likeness (QED) is 0.538. The van der Waals surface area contributed by atoms with Gasteiger partial charge >= 0.3 is 0 Å². The number of hydrogen-bond acceptors (Lipinski definition) is 6. The van der Waals surface area contributed by atoms with Gasteiger partial charge in [0.15, 0.2) is 5.76 Å². The third kappa shape index (κ3) is 3.82. The molecule has 2 fully saturated rings. The van der Waals surface area contributed by atoms with Gasteiger partial charge in [0.2, 0.25) is 5.13 Å². The monoisotopic (exact) mass is 413 g/mol. The third-order valence-corrected chi connectivity index (χ3v) is 7.91. The van der Waals surface area contributed by atoms with Gasteiger partial charge in [-0.15, -0.1) is 10.2 Å². The van der Waals surface area contributed by atoms with Crippen molar-refractivity contribution in [1.29, 1.82) is 0 Å². The third-order valence-electron chi connectivity index (χ3n) is 5.51. The molecule has 0 spiro atoms. The van der Waals surface area contributed by atoms with E-state index in [0.717, 1.165) is 27.3 Å². The van der Waals surface area contributed by atoms with Crippen LogP contribution in [-0.2, 0) is 5.75 Å². The Balaban J connectivity index is 1.37. The fourth-order valence-electron chi connectivity index (χ4n) is 3.79. The van der Waals surface area contributed by atoms with E-state index in [2.05, 4.69) is 15.5 Å². The Morgan fingerprint density at radius 2 is 1.96 bits per heavy atom. The van der Waals surface area contributed by atoms with E-state index in [4.69, 9.17) is 4.42 Å². The van der Waals surface area contributed by atoms with Crippen LogP contribution in [0.3, 0.4) is 0 Å². The molecular formula is C21H23N3O2S2. The van der Waals surface area contributed by atoms with Crippen LogP contribution in [0.5, 0.6) is 0 Å². The first-order valence-electron chi connectivity index (χ1n) is 10.0. The van der Waals surface area contributed by atoms with Crippen LogP contribution in [0.4, 0.5) is 5.13 Å². The van der Waals surface area contributed by atoms with Gasteiger partial charge in [0, 0.05) is 27.9 Å². The summed E-state index contributed by atoms with van der Waals surface area (Å²) < 4.78 is 5.97. The SMILES string of the molecule is O=C(Nc1nnc(C2CC2)s1)c1oc2ccccc2c1CSC1CCCCC1. The predicted octanol–water partition coefficient (Wildman–Crippen LogP) is 5.98. The van der Waals surface area contributed by atoms with Crippen molar-refractivity contribution in [2.75, 3.05) is 5.32 Å². The maximum Gasteiger partial charge on any atom is 0.293 e. The van der Waals surface area contributed by atoms with Crippen LogP contribution in [0.1, 0.15) is 72.0 Å². The van der Waals surface area contributed by atoms with Gasteiger partial charge in [0.1, 0.15) is 10.6 Å². The molecule has 3 aromatic rings. The molecule has 2 saturated carbocycles. The van der Waals surface area contributed by atoms with Gasteiger partial charge in [-0.1, -0.05) is 48.8 Å². The molecule has 2 aliphatic rings. The zero-order chi connectivity index (χ0) is 18.9. The van der Waals surface area contributed by atoms with Crippen LogP contribution in [0.25, 0.3) is 11.0 Å². The van der Waals surface area contributed by atoms with E-state index >= 15 is 0 Å². The van der Waals surface area contributed by atoms with Crippen molar-refractivity contribution in [3.63, 3.8) is 0 Å². The summed E-state index contributed by atoms with van der Waals surface area (Å²) in [5, 5.41) is 14.5. The van der Waals surface area contributed by atoms with E-state index in [-0.39, 0.29) is 5.91 Å². The lowest BCUT2D eigenvalue weighted by atomic mass is 10.0. The minimum atomic E-state index is -0.228. The Morgan fingerprint density at radius 1 is 1.14 bits per heavy atom. The van der Waals surface area contributed by atoms with Crippen LogP contribution in [-0.4, -0.2) is 21.4 Å². The van der Waals surface area contributed by atoms with Crippen molar-refractivity contribution in [3.8, 4) is 0 Å². The van der Waals surface area contributed by atoms with Crippen LogP contribution >= 0.6 is 23.1 Å². The summed E-state index contributed by atoms with van der Waals surface area (Å²) in [6.45, 7) is 0. The van der Waals surface area contributed by atoms with Crippen LogP contribution in [0, 0.1) is 0 Å². The summed E-state index contributed by atoms with van der Waals surface area (Å²) in [5.74, 6) is 1.52. The summed E-state index contributed by atoms with van der Waals surface area (Å²) in [5.41, 5.74) is 1.76. The number of aromatic nitrogens is 2. The number of para-hydroxylation sites is 1. The molecule has 2 aromatic heterocycles. The smallest absolute Gasteiger partial charge is 0.293 e. The molecule has 0 unspecified atom stereocenters. The number of fused-ring (bicyclic) bond motifs is 1. The molecule has 28 heavy (non-hydrogen) atoms. The minimum Gasteiger partial charge on any atom is -0.451 e. The van der Waals surface area contributed by atoms with E-state index in [1.54, 1.807) is 0 Å². The van der Waals surface area contributed by atoms with Crippen molar-refractivity contribution in [1.82, 2.24) is 10.2 Å². The molecule has 0 aliphatic heterocycles. The molecule has 146 valence electrons. The normalized spacial score (nSPS) is 17.9. The highest BCUT2D eigenvalue weighted by Gasteiger charge is 2.28. The molecule has 5 rings (SSSR count). The largest absolute Gasteiger partial charge is 0.451 e. The fraction of sp³-hybridized carbons (Fsp3) is 0.476. The van der Waals surface area contributed by atoms with E-state index in [1.165, 1.54) is 56.3 Å². The fourth-order valence-corrected chi connectivity index (χ4v) is 6.06. The molecule has 0 atom stereocenters. The Kier molecular flexibility index (Phi) is 5.11. The number of benzene rings is 1. The molecule has 1 amide bonds. The highest BCUT2D eigenvalue weighted by Crippen LogP contribution is 2.42. The number of thioether (sulfide) groups is 1. The number of furan rings is 1. The highest BCUT2D eigenvalue weighted by atomic mass is 32.2. The standard InChI is InChI=1S/C21H23N3O2S2/c25-19(22-21-24-23-20(28-21)13-10-11-13)18-16(12-27-14-6-2-1-3-7-14)15-8-4-5-9-17(15)26-18/h4-5,8-9,13-14H,1-3,6-7,10-12H2,(H,22,24,25). The Bertz CT molecular complexity index is 987. The second-order valence-electron chi connectivity index (χ2n) is 7.65. The molecule has 0 bridgehead atoms. The van der Waals surface area contributed by atoms with Crippen LogP contribution in [0.15, 0.2) is 28.7 Å². The number of hydrogen-bond donors (Lipinski definition) is 1. The Morgan fingerprint density at radius 3 is 2.79 bits per heavy atom. The average Bonchev–Trinajstić information content (AvgIpc) is 3.36. The van der Waals surface area contributed by atoms with Crippen molar-refractivity contribution in [2.24, 2.45) is 0 Å². The van der Waals surface area contributed by atoms with Gasteiger partial charge in [-0.3, -0.25) is 10.1 Å². The lowest BCUT2D eigenvalue weighted by Crippen LogP contribution is -2.13. The molecule has 0 radical (unpaired) electrons. The topological polar surface area (TPSA) is 68.0 Å². The number of anilines is 1. The molecule has 2 aliphatic carbocycles. The predicted molar refractivity (Wildman–Crippen MR) is 114 cm³/mol. The molecule has 1 N–H and O–H groups in total. The van der Waals surface area contributed by atoms with Gasteiger partial charge in [0.05, 0.1) is 0 Å². The Labute approximate surface area is 172 Å². The molecule has 0 saturated heterocycles. The zero-order valence-corrected chi connectivity index (χ0v) is 17.3. The lowest BCUT2D eigenvalue weighted by Gasteiger charge is -2.20. The molecular weight excluding hydrogens is 390 g/mol. The first kappa shape index (κ1) is 18.2. The number of amides is 1. The van der Waals surface area contributed by atoms with Gasteiger partial charge in [-0.2, -0.15) is 11.8 Å². The van der Waals surface area contributed by atoms with E-state index < -0.39 is 0 Å². The molecule has 1 aromatic carbocycles. The van der Waals surface area contributed by atoms with Crippen LogP contribution in [0.2, 0.25) is 0 Å². The second kappa shape index (κ2) is 7.87. The summed E-state index contributed by atoms with van der Waals surface area (Å²) in [4.78, 5) is 13.0. The van der Waals surface area contributed by atoms with E-state index in [9.17, 15) is 4.79 Å². The molecule has 2 heterocycles. The number of carbonyl (C=O) groups excluding carboxylic acids is 1. The summed E-state index contributed by atoms with van der Waals surface area (Å²) >= 11 is 3.43. The highest BCUT2D eigenvalue weighted by molar-refractivity contribution is 7.99. The lowest BCUT2D eigenvalue weighted by molar-refractivity contribution is 0.0997. The molecule has 5 nitrogen and oxygen atoms in total.